The van der Waals surface area contributed by atoms with Gasteiger partial charge < -0.3 is 0 Å². The monoisotopic (exact) mass is 472 g/mol. The Morgan fingerprint density at radius 3 is 1.69 bits per heavy atom. The fourth-order valence-electron chi connectivity index (χ4n) is 3.21. The first-order valence-corrected chi connectivity index (χ1v) is 12.9. The standard InChI is InChI=1S/C14H16O3S.C10H8O3S/c1-2-3-11-17-18(15,16)14-10-6-8-12-7-4-5-9-13(12)14;11-14(12,13)10-7-3-5-8-4-1-2-6-9(8)10/h4-10H,2-3,11H2,1H3;1-7H,(H,11,12,13). The molecule has 0 radical (unpaired) electrons. The zero-order chi connectivity index (χ0) is 23.2. The van der Waals surface area contributed by atoms with Crippen molar-refractivity contribution in [3.05, 3.63) is 84.9 Å². The number of benzene rings is 4. The number of unbranched alkanes of at least 4 members (excludes halogenated alkanes) is 1. The van der Waals surface area contributed by atoms with Crippen LogP contribution >= 0.6 is 0 Å². The molecule has 0 atom stereocenters. The van der Waals surface area contributed by atoms with Crippen LogP contribution in [0, 0.1) is 0 Å². The Hall–Kier alpha value is -2.78. The molecule has 0 fully saturated rings. The Labute approximate surface area is 188 Å². The number of hydrogen-bond donors (Lipinski definition) is 1. The van der Waals surface area contributed by atoms with Crippen molar-refractivity contribution in [1.29, 1.82) is 0 Å². The van der Waals surface area contributed by atoms with Crippen molar-refractivity contribution < 1.29 is 25.6 Å². The lowest BCUT2D eigenvalue weighted by molar-refractivity contribution is 0.311. The third-order valence-corrected chi connectivity index (χ3v) is 7.07. The molecule has 4 aromatic carbocycles. The smallest absolute Gasteiger partial charge is 0.282 e. The molecule has 4 rings (SSSR count). The van der Waals surface area contributed by atoms with Crippen LogP contribution in [0.25, 0.3) is 21.5 Å². The zero-order valence-electron chi connectivity index (χ0n) is 17.5. The average molecular weight is 473 g/mol. The predicted octanol–water partition coefficient (Wildman–Crippen LogP) is 5.43. The molecular weight excluding hydrogens is 448 g/mol. The van der Waals surface area contributed by atoms with Crippen molar-refractivity contribution in [2.24, 2.45) is 0 Å². The molecule has 0 heterocycles. The van der Waals surface area contributed by atoms with Gasteiger partial charge >= 0.3 is 0 Å². The molecule has 6 nitrogen and oxygen atoms in total. The maximum Gasteiger partial charge on any atom is 0.297 e. The van der Waals surface area contributed by atoms with Crippen LogP contribution in [0.3, 0.4) is 0 Å². The van der Waals surface area contributed by atoms with E-state index in [1.165, 1.54) is 6.07 Å². The van der Waals surface area contributed by atoms with E-state index < -0.39 is 20.2 Å². The summed E-state index contributed by atoms with van der Waals surface area (Å²) < 4.78 is 60.2. The number of hydrogen-bond acceptors (Lipinski definition) is 5. The largest absolute Gasteiger partial charge is 0.297 e. The summed E-state index contributed by atoms with van der Waals surface area (Å²) in [6.45, 7) is 2.23. The van der Waals surface area contributed by atoms with Gasteiger partial charge in [0.05, 0.1) is 6.61 Å². The number of fused-ring (bicyclic) bond motifs is 2. The summed E-state index contributed by atoms with van der Waals surface area (Å²) in [5.41, 5.74) is 0. The van der Waals surface area contributed by atoms with Gasteiger partial charge in [-0.2, -0.15) is 16.8 Å². The molecule has 0 bridgehead atoms. The topological polar surface area (TPSA) is 97.7 Å². The zero-order valence-corrected chi connectivity index (χ0v) is 19.1. The van der Waals surface area contributed by atoms with Gasteiger partial charge in [0.2, 0.25) is 0 Å². The van der Waals surface area contributed by atoms with Crippen LogP contribution in [-0.4, -0.2) is 28.0 Å². The molecule has 0 saturated heterocycles. The highest BCUT2D eigenvalue weighted by atomic mass is 32.2. The fourth-order valence-corrected chi connectivity index (χ4v) is 5.09. The molecule has 1 N–H and O–H groups in total. The molecule has 0 aliphatic heterocycles. The molecule has 0 amide bonds. The predicted molar refractivity (Wildman–Crippen MR) is 126 cm³/mol. The molecule has 0 spiro atoms. The Balaban J connectivity index is 0.000000186. The Bertz CT molecular complexity index is 1420. The van der Waals surface area contributed by atoms with E-state index in [0.717, 1.165) is 23.6 Å². The van der Waals surface area contributed by atoms with Gasteiger partial charge in [-0.15, -0.1) is 0 Å². The van der Waals surface area contributed by atoms with E-state index in [9.17, 15) is 16.8 Å². The van der Waals surface area contributed by atoms with E-state index in [-0.39, 0.29) is 16.4 Å². The van der Waals surface area contributed by atoms with Crippen LogP contribution in [0.15, 0.2) is 94.7 Å². The maximum atomic E-state index is 12.1. The molecular formula is C24H24O6S2. The molecule has 8 heteroatoms. The van der Waals surface area contributed by atoms with Crippen LogP contribution in [0.4, 0.5) is 0 Å². The molecule has 32 heavy (non-hydrogen) atoms. The normalized spacial score (nSPS) is 11.8. The summed E-state index contributed by atoms with van der Waals surface area (Å²) in [4.78, 5) is 0.201. The lowest BCUT2D eigenvalue weighted by Crippen LogP contribution is -2.08. The first-order valence-electron chi connectivity index (χ1n) is 10.1. The molecule has 4 aromatic rings. The van der Waals surface area contributed by atoms with Crippen LogP contribution < -0.4 is 0 Å². The van der Waals surface area contributed by atoms with Crippen molar-refractivity contribution in [3.8, 4) is 0 Å². The van der Waals surface area contributed by atoms with E-state index in [0.29, 0.717) is 10.8 Å². The lowest BCUT2D eigenvalue weighted by Gasteiger charge is -2.08. The minimum atomic E-state index is -4.13. The van der Waals surface area contributed by atoms with Gasteiger partial charge in [-0.3, -0.25) is 8.74 Å². The van der Waals surface area contributed by atoms with Gasteiger partial charge in [-0.25, -0.2) is 0 Å². The van der Waals surface area contributed by atoms with Gasteiger partial charge in [0.15, 0.2) is 0 Å². The van der Waals surface area contributed by atoms with Crippen molar-refractivity contribution in [1.82, 2.24) is 0 Å². The summed E-state index contributed by atoms with van der Waals surface area (Å²) in [6, 6.07) is 24.4. The minimum absolute atomic E-state index is 0.0457. The van der Waals surface area contributed by atoms with Crippen LogP contribution in [-0.2, 0) is 24.4 Å². The van der Waals surface area contributed by atoms with Crippen molar-refractivity contribution >= 4 is 41.8 Å². The second-order valence-corrected chi connectivity index (χ2v) is 10.0. The summed E-state index contributed by atoms with van der Waals surface area (Å²) >= 11 is 0. The van der Waals surface area contributed by atoms with Gasteiger partial charge in [-0.05, 0) is 29.3 Å². The quantitative estimate of drug-likeness (QED) is 0.228. The first-order chi connectivity index (χ1) is 15.2. The highest BCUT2D eigenvalue weighted by Gasteiger charge is 2.17. The molecule has 0 unspecified atom stereocenters. The average Bonchev–Trinajstić information content (AvgIpc) is 2.78. The van der Waals surface area contributed by atoms with Gasteiger partial charge in [0.25, 0.3) is 20.2 Å². The minimum Gasteiger partial charge on any atom is -0.282 e. The van der Waals surface area contributed by atoms with Crippen molar-refractivity contribution in [2.45, 2.75) is 29.6 Å². The van der Waals surface area contributed by atoms with Crippen molar-refractivity contribution in [3.63, 3.8) is 0 Å². The summed E-state index contributed by atoms with van der Waals surface area (Å²) in [5.74, 6) is 0. The third kappa shape index (κ3) is 5.72. The maximum absolute atomic E-state index is 12.1. The SMILES string of the molecule is CCCCOS(=O)(=O)c1cccc2ccccc12.O=S(=O)(O)c1cccc2ccccc12. The highest BCUT2D eigenvalue weighted by molar-refractivity contribution is 7.87. The molecule has 0 aromatic heterocycles. The first kappa shape index (κ1) is 23.9. The Morgan fingerprint density at radius 1 is 0.688 bits per heavy atom. The highest BCUT2D eigenvalue weighted by Crippen LogP contribution is 2.24. The van der Waals surface area contributed by atoms with E-state index >= 15 is 0 Å². The van der Waals surface area contributed by atoms with E-state index in [2.05, 4.69) is 0 Å². The van der Waals surface area contributed by atoms with E-state index in [1.807, 2.05) is 37.3 Å². The molecule has 0 saturated carbocycles. The second kappa shape index (κ2) is 10.2. The molecule has 0 aliphatic rings. The Kier molecular flexibility index (Phi) is 7.63. The van der Waals surface area contributed by atoms with E-state index in [1.54, 1.807) is 48.5 Å². The number of rotatable bonds is 6. The Morgan fingerprint density at radius 2 is 1.16 bits per heavy atom. The summed E-state index contributed by atoms with van der Waals surface area (Å²) in [7, 11) is -7.79. The van der Waals surface area contributed by atoms with Gasteiger partial charge in [0, 0.05) is 10.8 Å². The van der Waals surface area contributed by atoms with Gasteiger partial charge in [-0.1, -0.05) is 86.1 Å². The summed E-state index contributed by atoms with van der Waals surface area (Å²) in [5, 5.41) is 2.94. The molecule has 0 aliphatic carbocycles. The molecule has 168 valence electrons. The van der Waals surface area contributed by atoms with Crippen LogP contribution in [0.1, 0.15) is 19.8 Å². The van der Waals surface area contributed by atoms with Gasteiger partial charge in [0.1, 0.15) is 9.79 Å². The summed E-state index contributed by atoms with van der Waals surface area (Å²) in [6.07, 6.45) is 1.65. The second-order valence-electron chi connectivity index (χ2n) is 7.06. The van der Waals surface area contributed by atoms with E-state index in [4.69, 9.17) is 8.74 Å². The lowest BCUT2D eigenvalue weighted by atomic mass is 10.1. The fraction of sp³-hybridized carbons (Fsp3) is 0.167. The van der Waals surface area contributed by atoms with Crippen LogP contribution in [0.2, 0.25) is 0 Å². The van der Waals surface area contributed by atoms with Crippen molar-refractivity contribution in [2.75, 3.05) is 6.61 Å². The van der Waals surface area contributed by atoms with Crippen LogP contribution in [0.5, 0.6) is 0 Å². The third-order valence-electron chi connectivity index (χ3n) is 4.78.